The third-order valence-corrected chi connectivity index (χ3v) is 3.04. The van der Waals surface area contributed by atoms with E-state index in [9.17, 15) is 5.11 Å². The lowest BCUT2D eigenvalue weighted by Crippen LogP contribution is -2.24. The molecule has 1 atom stereocenters. The molecule has 1 aromatic carbocycles. The van der Waals surface area contributed by atoms with Crippen molar-refractivity contribution in [2.24, 2.45) is 0 Å². The normalized spacial score (nSPS) is 23.0. The average molecular weight is 234 g/mol. The second kappa shape index (κ2) is 4.17. The minimum Gasteiger partial charge on any atom is -0.495 e. The molecule has 3 heteroatoms. The molecule has 1 aromatic rings. The average Bonchev–Trinajstić information content (AvgIpc) is 2.49. The zero-order valence-electron chi connectivity index (χ0n) is 10.7. The number of hydrogen-bond acceptors (Lipinski definition) is 3. The van der Waals surface area contributed by atoms with Crippen LogP contribution in [0.4, 0.5) is 0 Å². The maximum atomic E-state index is 9.81. The quantitative estimate of drug-likeness (QED) is 0.854. The number of aliphatic hydroxyl groups is 1. The van der Waals surface area contributed by atoms with Crippen LogP contribution in [0.3, 0.4) is 0 Å². The molecular formula is C14H18O3. The molecule has 1 aliphatic heterocycles. The van der Waals surface area contributed by atoms with Crippen molar-refractivity contribution in [1.29, 1.82) is 0 Å². The molecule has 0 amide bonds. The first-order valence-corrected chi connectivity index (χ1v) is 5.67. The van der Waals surface area contributed by atoms with E-state index >= 15 is 0 Å². The van der Waals surface area contributed by atoms with Gasteiger partial charge >= 0.3 is 0 Å². The molecule has 0 radical (unpaired) electrons. The third kappa shape index (κ3) is 2.08. The topological polar surface area (TPSA) is 38.7 Å². The Bertz CT molecular complexity index is 443. The van der Waals surface area contributed by atoms with Crippen LogP contribution in [0.5, 0.6) is 0 Å². The van der Waals surface area contributed by atoms with Crippen molar-refractivity contribution in [3.63, 3.8) is 0 Å². The minimum atomic E-state index is -0.980. The number of aliphatic hydroxyl groups excluding tert-OH is 1. The Hall–Kier alpha value is -1.32. The standard InChI is InChI=1S/C14H18O3/c1-9-5-7-10(8-6-9)11-12(16-4)13(15)17-14(11,2)3/h5-8,13,15H,1-4H3. The number of hydrogen-bond donors (Lipinski definition) is 1. The summed E-state index contributed by atoms with van der Waals surface area (Å²) in [5, 5.41) is 9.81. The van der Waals surface area contributed by atoms with Crippen molar-refractivity contribution in [3.8, 4) is 0 Å². The van der Waals surface area contributed by atoms with E-state index in [1.165, 1.54) is 5.56 Å². The van der Waals surface area contributed by atoms with Crippen LogP contribution >= 0.6 is 0 Å². The third-order valence-electron chi connectivity index (χ3n) is 3.04. The highest BCUT2D eigenvalue weighted by atomic mass is 16.6. The van der Waals surface area contributed by atoms with Gasteiger partial charge in [-0.05, 0) is 26.3 Å². The Morgan fingerprint density at radius 1 is 1.24 bits per heavy atom. The molecule has 0 bridgehead atoms. The van der Waals surface area contributed by atoms with E-state index in [1.807, 2.05) is 45.0 Å². The van der Waals surface area contributed by atoms with Crippen LogP contribution in [0.1, 0.15) is 25.0 Å². The Labute approximate surface area is 102 Å². The van der Waals surface area contributed by atoms with Gasteiger partial charge in [-0.15, -0.1) is 0 Å². The van der Waals surface area contributed by atoms with Crippen LogP contribution in [-0.4, -0.2) is 24.1 Å². The number of aryl methyl sites for hydroxylation is 1. The summed E-state index contributed by atoms with van der Waals surface area (Å²) in [6, 6.07) is 8.12. The maximum absolute atomic E-state index is 9.81. The molecule has 0 spiro atoms. The van der Waals surface area contributed by atoms with Gasteiger partial charge in [-0.2, -0.15) is 0 Å². The summed E-state index contributed by atoms with van der Waals surface area (Å²) in [6.45, 7) is 5.90. The molecule has 0 saturated carbocycles. The number of benzene rings is 1. The molecule has 3 nitrogen and oxygen atoms in total. The van der Waals surface area contributed by atoms with Gasteiger partial charge in [0.25, 0.3) is 0 Å². The van der Waals surface area contributed by atoms with Crippen molar-refractivity contribution in [2.75, 3.05) is 7.11 Å². The summed E-state index contributed by atoms with van der Waals surface area (Å²) >= 11 is 0. The molecule has 92 valence electrons. The van der Waals surface area contributed by atoms with Crippen molar-refractivity contribution >= 4 is 5.57 Å². The number of methoxy groups -OCH3 is 1. The van der Waals surface area contributed by atoms with Crippen LogP contribution in [0.25, 0.3) is 5.57 Å². The van der Waals surface area contributed by atoms with Gasteiger partial charge in [0.15, 0.2) is 5.76 Å². The highest BCUT2D eigenvalue weighted by molar-refractivity contribution is 5.75. The highest BCUT2D eigenvalue weighted by Crippen LogP contribution is 2.41. The van der Waals surface area contributed by atoms with E-state index in [0.29, 0.717) is 5.76 Å². The molecular weight excluding hydrogens is 216 g/mol. The lowest BCUT2D eigenvalue weighted by Gasteiger charge is -2.22. The zero-order chi connectivity index (χ0) is 12.6. The molecule has 2 rings (SSSR count). The SMILES string of the molecule is COC1=C(c2ccc(C)cc2)C(C)(C)OC1O. The van der Waals surface area contributed by atoms with E-state index in [0.717, 1.165) is 11.1 Å². The van der Waals surface area contributed by atoms with Gasteiger partial charge in [0.05, 0.1) is 12.7 Å². The monoisotopic (exact) mass is 234 g/mol. The summed E-state index contributed by atoms with van der Waals surface area (Å²) in [4.78, 5) is 0. The molecule has 17 heavy (non-hydrogen) atoms. The van der Waals surface area contributed by atoms with Crippen LogP contribution in [0, 0.1) is 6.92 Å². The second-order valence-corrected chi connectivity index (χ2v) is 4.79. The summed E-state index contributed by atoms with van der Waals surface area (Å²) in [7, 11) is 1.55. The van der Waals surface area contributed by atoms with Gasteiger partial charge in [0.2, 0.25) is 6.29 Å². The van der Waals surface area contributed by atoms with E-state index in [-0.39, 0.29) is 0 Å². The smallest absolute Gasteiger partial charge is 0.215 e. The first kappa shape index (κ1) is 12.1. The van der Waals surface area contributed by atoms with Crippen molar-refractivity contribution in [3.05, 3.63) is 41.2 Å². The van der Waals surface area contributed by atoms with Gasteiger partial charge < -0.3 is 14.6 Å². The Kier molecular flexibility index (Phi) is 2.98. The van der Waals surface area contributed by atoms with E-state index in [2.05, 4.69) is 0 Å². The molecule has 0 fully saturated rings. The zero-order valence-corrected chi connectivity index (χ0v) is 10.7. The van der Waals surface area contributed by atoms with Gasteiger partial charge in [-0.1, -0.05) is 29.8 Å². The van der Waals surface area contributed by atoms with Gasteiger partial charge in [-0.3, -0.25) is 0 Å². The molecule has 0 aromatic heterocycles. The minimum absolute atomic E-state index is 0.499. The predicted molar refractivity (Wildman–Crippen MR) is 66.3 cm³/mol. The van der Waals surface area contributed by atoms with Gasteiger partial charge in [0.1, 0.15) is 0 Å². The second-order valence-electron chi connectivity index (χ2n) is 4.79. The fourth-order valence-electron chi connectivity index (χ4n) is 2.22. The molecule has 1 heterocycles. The fraction of sp³-hybridized carbons (Fsp3) is 0.429. The first-order valence-electron chi connectivity index (χ1n) is 5.67. The Morgan fingerprint density at radius 2 is 1.82 bits per heavy atom. The highest BCUT2D eigenvalue weighted by Gasteiger charge is 2.41. The largest absolute Gasteiger partial charge is 0.495 e. The lowest BCUT2D eigenvalue weighted by molar-refractivity contribution is -0.126. The number of rotatable bonds is 2. The number of ether oxygens (including phenoxy) is 2. The van der Waals surface area contributed by atoms with Gasteiger partial charge in [-0.25, -0.2) is 0 Å². The van der Waals surface area contributed by atoms with Crippen LogP contribution in [-0.2, 0) is 9.47 Å². The predicted octanol–water partition coefficient (Wildman–Crippen LogP) is 2.48. The molecule has 1 N–H and O–H groups in total. The maximum Gasteiger partial charge on any atom is 0.215 e. The summed E-state index contributed by atoms with van der Waals surface area (Å²) in [5.41, 5.74) is 2.59. The summed E-state index contributed by atoms with van der Waals surface area (Å²) in [5.74, 6) is 0.499. The van der Waals surface area contributed by atoms with Crippen molar-refractivity contribution < 1.29 is 14.6 Å². The Balaban J connectivity index is 2.53. The van der Waals surface area contributed by atoms with Crippen LogP contribution in [0.2, 0.25) is 0 Å². The summed E-state index contributed by atoms with van der Waals surface area (Å²) < 4.78 is 10.8. The van der Waals surface area contributed by atoms with Gasteiger partial charge in [0, 0.05) is 5.57 Å². The molecule has 1 aliphatic rings. The Morgan fingerprint density at radius 3 is 2.35 bits per heavy atom. The molecule has 1 unspecified atom stereocenters. The molecule has 0 saturated heterocycles. The summed E-state index contributed by atoms with van der Waals surface area (Å²) in [6.07, 6.45) is -0.980. The van der Waals surface area contributed by atoms with E-state index in [4.69, 9.17) is 9.47 Å². The lowest BCUT2D eigenvalue weighted by atomic mass is 9.91. The van der Waals surface area contributed by atoms with Crippen LogP contribution in [0.15, 0.2) is 30.0 Å². The van der Waals surface area contributed by atoms with Crippen molar-refractivity contribution in [2.45, 2.75) is 32.7 Å². The van der Waals surface area contributed by atoms with Crippen molar-refractivity contribution in [1.82, 2.24) is 0 Å². The first-order chi connectivity index (χ1) is 7.95. The molecule has 0 aliphatic carbocycles. The van der Waals surface area contributed by atoms with E-state index < -0.39 is 11.9 Å². The van der Waals surface area contributed by atoms with Crippen LogP contribution < -0.4 is 0 Å². The van der Waals surface area contributed by atoms with E-state index in [1.54, 1.807) is 7.11 Å². The fourth-order valence-corrected chi connectivity index (χ4v) is 2.22.